The molecule has 2 N–H and O–H groups in total. The first-order valence-corrected chi connectivity index (χ1v) is 10.5. The molecule has 0 saturated carbocycles. The highest BCUT2D eigenvalue weighted by Crippen LogP contribution is 2.33. The molecule has 170 valence electrons. The van der Waals surface area contributed by atoms with E-state index in [0.717, 1.165) is 25.4 Å². The normalized spacial score (nSPS) is 16.5. The molecular formula is C22H29F2N3O4. The number of ether oxygens (including phenoxy) is 3. The molecule has 1 fully saturated rings. The molecule has 9 heteroatoms. The maximum Gasteiger partial charge on any atom is 0.387 e. The van der Waals surface area contributed by atoms with E-state index in [4.69, 9.17) is 18.6 Å². The van der Waals surface area contributed by atoms with Gasteiger partial charge >= 0.3 is 6.61 Å². The summed E-state index contributed by atoms with van der Waals surface area (Å²) in [4.78, 5) is 4.59. The standard InChI is InChI=1S/C22H29F2N3O4/c1-2-29-19-7-3-5-17(20(19)31-21(23)24)14-27-22(26-13-16-9-12-28-15-16)25-10-8-18-6-4-11-30-18/h3-7,11,16,21H,2,8-10,12-15H2,1H3,(H2,25,26,27). The summed E-state index contributed by atoms with van der Waals surface area (Å²) >= 11 is 0. The average molecular weight is 437 g/mol. The van der Waals surface area contributed by atoms with E-state index in [9.17, 15) is 8.78 Å². The van der Waals surface area contributed by atoms with Gasteiger partial charge in [0, 0.05) is 37.6 Å². The average Bonchev–Trinajstić information content (AvgIpc) is 3.45. The first kappa shape index (κ1) is 22.9. The van der Waals surface area contributed by atoms with Crippen molar-refractivity contribution >= 4 is 5.96 Å². The van der Waals surface area contributed by atoms with Crippen molar-refractivity contribution in [2.75, 3.05) is 32.9 Å². The van der Waals surface area contributed by atoms with E-state index < -0.39 is 6.61 Å². The minimum absolute atomic E-state index is 0.0160. The van der Waals surface area contributed by atoms with Gasteiger partial charge in [0.25, 0.3) is 0 Å². The zero-order valence-electron chi connectivity index (χ0n) is 17.6. The fourth-order valence-electron chi connectivity index (χ4n) is 3.26. The fraction of sp³-hybridized carbons (Fsp3) is 0.500. The molecule has 1 aromatic heterocycles. The number of nitrogens with one attached hydrogen (secondary N) is 2. The molecule has 1 unspecified atom stereocenters. The maximum atomic E-state index is 13.0. The first-order valence-electron chi connectivity index (χ1n) is 10.5. The van der Waals surface area contributed by atoms with Gasteiger partial charge in [0.1, 0.15) is 5.76 Å². The van der Waals surface area contributed by atoms with Gasteiger partial charge in [-0.3, -0.25) is 0 Å². The number of furan rings is 1. The lowest BCUT2D eigenvalue weighted by Crippen LogP contribution is -2.40. The van der Waals surface area contributed by atoms with Gasteiger partial charge in [0.05, 0.1) is 26.0 Å². The van der Waals surface area contributed by atoms with Crippen molar-refractivity contribution in [3.05, 3.63) is 47.9 Å². The van der Waals surface area contributed by atoms with Crippen LogP contribution in [0, 0.1) is 5.92 Å². The van der Waals surface area contributed by atoms with Crippen molar-refractivity contribution in [3.63, 3.8) is 0 Å². The van der Waals surface area contributed by atoms with Crippen LogP contribution in [-0.4, -0.2) is 45.5 Å². The molecule has 1 aromatic carbocycles. The Balaban J connectivity index is 1.69. The van der Waals surface area contributed by atoms with E-state index in [1.165, 1.54) is 0 Å². The number of guanidine groups is 1. The summed E-state index contributed by atoms with van der Waals surface area (Å²) in [5, 5.41) is 6.59. The molecule has 0 amide bonds. The Bertz CT molecular complexity index is 809. The number of aliphatic imine (C=N–C) groups is 1. The highest BCUT2D eigenvalue weighted by atomic mass is 19.3. The van der Waals surface area contributed by atoms with Gasteiger partial charge in [-0.05, 0) is 31.5 Å². The molecule has 0 radical (unpaired) electrons. The van der Waals surface area contributed by atoms with Crippen LogP contribution in [0.25, 0.3) is 0 Å². The van der Waals surface area contributed by atoms with Crippen LogP contribution in [0.5, 0.6) is 11.5 Å². The largest absolute Gasteiger partial charge is 0.490 e. The van der Waals surface area contributed by atoms with Crippen molar-refractivity contribution in [2.45, 2.75) is 32.9 Å². The van der Waals surface area contributed by atoms with Crippen LogP contribution >= 0.6 is 0 Å². The van der Waals surface area contributed by atoms with Gasteiger partial charge in [-0.25, -0.2) is 4.99 Å². The summed E-state index contributed by atoms with van der Waals surface area (Å²) in [7, 11) is 0. The first-order chi connectivity index (χ1) is 15.2. The van der Waals surface area contributed by atoms with Gasteiger partial charge < -0.3 is 29.3 Å². The lowest BCUT2D eigenvalue weighted by atomic mass is 10.1. The summed E-state index contributed by atoms with van der Waals surface area (Å²) in [6, 6.07) is 8.80. The molecule has 31 heavy (non-hydrogen) atoms. The number of nitrogens with zero attached hydrogens (tertiary/aromatic N) is 1. The number of hydrogen-bond acceptors (Lipinski definition) is 5. The third kappa shape index (κ3) is 7.43. The van der Waals surface area contributed by atoms with Gasteiger partial charge in [0.2, 0.25) is 0 Å². The molecule has 7 nitrogen and oxygen atoms in total. The van der Waals surface area contributed by atoms with E-state index in [1.54, 1.807) is 31.4 Å². The van der Waals surface area contributed by atoms with Crippen LogP contribution in [0.2, 0.25) is 0 Å². The van der Waals surface area contributed by atoms with Crippen molar-refractivity contribution in [1.29, 1.82) is 0 Å². The van der Waals surface area contributed by atoms with Crippen molar-refractivity contribution in [1.82, 2.24) is 10.6 Å². The van der Waals surface area contributed by atoms with E-state index in [-0.39, 0.29) is 18.0 Å². The molecule has 0 spiro atoms. The maximum absolute atomic E-state index is 13.0. The Hall–Kier alpha value is -2.81. The van der Waals surface area contributed by atoms with Crippen molar-refractivity contribution < 1.29 is 27.4 Å². The predicted molar refractivity (Wildman–Crippen MR) is 113 cm³/mol. The monoisotopic (exact) mass is 437 g/mol. The number of alkyl halides is 2. The molecule has 2 heterocycles. The third-order valence-electron chi connectivity index (χ3n) is 4.80. The highest BCUT2D eigenvalue weighted by molar-refractivity contribution is 5.79. The lowest BCUT2D eigenvalue weighted by Gasteiger charge is -2.17. The van der Waals surface area contributed by atoms with Crippen LogP contribution in [0.1, 0.15) is 24.7 Å². The fourth-order valence-corrected chi connectivity index (χ4v) is 3.26. The molecule has 0 aliphatic carbocycles. The second-order valence-electron chi connectivity index (χ2n) is 7.09. The number of benzene rings is 1. The topological polar surface area (TPSA) is 77.2 Å². The molecule has 1 saturated heterocycles. The number of halogens is 2. The predicted octanol–water partition coefficient (Wildman–Crippen LogP) is 3.59. The van der Waals surface area contributed by atoms with Crippen molar-refractivity contribution in [2.24, 2.45) is 10.9 Å². The number of para-hydroxylation sites is 1. The smallest absolute Gasteiger partial charge is 0.387 e. The van der Waals surface area contributed by atoms with Gasteiger partial charge in [0.15, 0.2) is 17.5 Å². The Labute approximate surface area is 180 Å². The molecular weight excluding hydrogens is 408 g/mol. The summed E-state index contributed by atoms with van der Waals surface area (Å²) in [5.74, 6) is 2.16. The Morgan fingerprint density at radius 2 is 2.16 bits per heavy atom. The van der Waals surface area contributed by atoms with Crippen LogP contribution in [0.4, 0.5) is 8.78 Å². The minimum Gasteiger partial charge on any atom is -0.490 e. The summed E-state index contributed by atoms with van der Waals surface area (Å²) in [6.45, 7) is 2.15. The Morgan fingerprint density at radius 1 is 1.26 bits per heavy atom. The second kappa shape index (κ2) is 12.1. The van der Waals surface area contributed by atoms with Gasteiger partial charge in [-0.15, -0.1) is 0 Å². The molecule has 1 aliphatic rings. The Morgan fingerprint density at radius 3 is 2.87 bits per heavy atom. The van der Waals surface area contributed by atoms with Crippen LogP contribution in [0.3, 0.4) is 0 Å². The van der Waals surface area contributed by atoms with E-state index in [0.29, 0.717) is 43.6 Å². The van der Waals surface area contributed by atoms with E-state index >= 15 is 0 Å². The van der Waals surface area contributed by atoms with Gasteiger partial charge in [-0.2, -0.15) is 8.78 Å². The van der Waals surface area contributed by atoms with Crippen LogP contribution in [0.15, 0.2) is 46.0 Å². The van der Waals surface area contributed by atoms with E-state index in [1.807, 2.05) is 12.1 Å². The summed E-state index contributed by atoms with van der Waals surface area (Å²) in [5.41, 5.74) is 0.516. The number of rotatable bonds is 11. The lowest BCUT2D eigenvalue weighted by molar-refractivity contribution is -0.0520. The summed E-state index contributed by atoms with van der Waals surface area (Å²) in [6.07, 6.45) is 3.33. The highest BCUT2D eigenvalue weighted by Gasteiger charge is 2.17. The van der Waals surface area contributed by atoms with Crippen LogP contribution in [-0.2, 0) is 17.7 Å². The molecule has 0 bridgehead atoms. The zero-order valence-corrected chi connectivity index (χ0v) is 17.6. The molecule has 1 atom stereocenters. The third-order valence-corrected chi connectivity index (χ3v) is 4.80. The number of hydrogen-bond donors (Lipinski definition) is 2. The quantitative estimate of drug-likeness (QED) is 0.413. The SMILES string of the molecule is CCOc1cccc(CN=C(NCCc2ccco2)NCC2CCOC2)c1OC(F)F. The zero-order chi connectivity index (χ0) is 21.9. The van der Waals surface area contributed by atoms with Crippen molar-refractivity contribution in [3.8, 4) is 11.5 Å². The second-order valence-corrected chi connectivity index (χ2v) is 7.09. The Kier molecular flexibility index (Phi) is 8.96. The van der Waals surface area contributed by atoms with Crippen LogP contribution < -0.4 is 20.1 Å². The van der Waals surface area contributed by atoms with Gasteiger partial charge in [-0.1, -0.05) is 12.1 Å². The van der Waals surface area contributed by atoms with E-state index in [2.05, 4.69) is 15.6 Å². The summed E-state index contributed by atoms with van der Waals surface area (Å²) < 4.78 is 46.9. The minimum atomic E-state index is -2.95. The molecule has 2 aromatic rings. The molecule has 1 aliphatic heterocycles. The molecule has 3 rings (SSSR count).